The van der Waals surface area contributed by atoms with E-state index < -0.39 is 0 Å². The molecule has 24 heavy (non-hydrogen) atoms. The predicted molar refractivity (Wildman–Crippen MR) is 98.6 cm³/mol. The molecule has 1 N–H and O–H groups in total. The van der Waals surface area contributed by atoms with E-state index in [0.29, 0.717) is 17.0 Å². The van der Waals surface area contributed by atoms with Crippen molar-refractivity contribution in [3.05, 3.63) is 70.0 Å². The van der Waals surface area contributed by atoms with E-state index in [-0.39, 0.29) is 5.91 Å². The van der Waals surface area contributed by atoms with Gasteiger partial charge >= 0.3 is 0 Å². The van der Waals surface area contributed by atoms with Crippen LogP contribution in [0, 0.1) is 13.8 Å². The highest BCUT2D eigenvalue weighted by atomic mass is 79.9. The Labute approximate surface area is 152 Å². The van der Waals surface area contributed by atoms with Crippen molar-refractivity contribution >= 4 is 39.3 Å². The van der Waals surface area contributed by atoms with E-state index in [0.717, 1.165) is 20.0 Å². The Hall–Kier alpha value is -2.05. The number of hydrogen-bond acceptors (Lipinski definition) is 4. The second kappa shape index (κ2) is 7.23. The van der Waals surface area contributed by atoms with Crippen LogP contribution in [-0.2, 0) is 0 Å². The van der Waals surface area contributed by atoms with Crippen LogP contribution < -0.4 is 5.32 Å². The minimum absolute atomic E-state index is 0.209. The fourth-order valence-electron chi connectivity index (χ4n) is 2.25. The molecule has 0 saturated heterocycles. The van der Waals surface area contributed by atoms with Gasteiger partial charge in [0.1, 0.15) is 11.3 Å². The van der Waals surface area contributed by atoms with E-state index in [1.807, 2.05) is 36.4 Å². The average Bonchev–Trinajstić information content (AvgIpc) is 2.90. The van der Waals surface area contributed by atoms with Crippen molar-refractivity contribution in [3.63, 3.8) is 0 Å². The minimum Gasteiger partial charge on any atom is -0.361 e. The number of anilines is 1. The SMILES string of the molecule is Cc1noc(C)c1C(=O)Nc1ccc(Sc2ccc(Br)cc2)cc1. The van der Waals surface area contributed by atoms with Gasteiger partial charge in [0, 0.05) is 20.0 Å². The highest BCUT2D eigenvalue weighted by Gasteiger charge is 2.17. The topological polar surface area (TPSA) is 55.1 Å². The number of nitrogens with zero attached hydrogens (tertiary/aromatic N) is 1. The van der Waals surface area contributed by atoms with Crippen LogP contribution in [-0.4, -0.2) is 11.1 Å². The van der Waals surface area contributed by atoms with Crippen molar-refractivity contribution in [3.8, 4) is 0 Å². The lowest BCUT2D eigenvalue weighted by molar-refractivity contribution is 0.102. The van der Waals surface area contributed by atoms with E-state index in [1.54, 1.807) is 25.6 Å². The third kappa shape index (κ3) is 3.88. The first-order valence-corrected chi connectivity index (χ1v) is 8.91. The molecule has 0 atom stereocenters. The maximum absolute atomic E-state index is 12.3. The van der Waals surface area contributed by atoms with Gasteiger partial charge in [0.25, 0.3) is 5.91 Å². The summed E-state index contributed by atoms with van der Waals surface area (Å²) < 4.78 is 6.09. The maximum atomic E-state index is 12.3. The zero-order valence-electron chi connectivity index (χ0n) is 13.2. The molecule has 2 aromatic carbocycles. The van der Waals surface area contributed by atoms with Gasteiger partial charge in [0.15, 0.2) is 0 Å². The first-order chi connectivity index (χ1) is 11.5. The summed E-state index contributed by atoms with van der Waals surface area (Å²) in [5, 5.41) is 6.67. The molecule has 0 aliphatic heterocycles. The Morgan fingerprint density at radius 2 is 1.62 bits per heavy atom. The van der Waals surface area contributed by atoms with Crippen molar-refractivity contribution in [2.24, 2.45) is 0 Å². The minimum atomic E-state index is -0.209. The first-order valence-electron chi connectivity index (χ1n) is 7.30. The molecule has 122 valence electrons. The number of benzene rings is 2. The van der Waals surface area contributed by atoms with Crippen LogP contribution in [0.25, 0.3) is 0 Å². The lowest BCUT2D eigenvalue weighted by Gasteiger charge is -2.06. The normalized spacial score (nSPS) is 10.6. The molecule has 1 heterocycles. The summed E-state index contributed by atoms with van der Waals surface area (Å²) in [7, 11) is 0. The molecule has 0 radical (unpaired) electrons. The third-order valence-electron chi connectivity index (χ3n) is 3.42. The number of rotatable bonds is 4. The molecule has 3 aromatic rings. The summed E-state index contributed by atoms with van der Waals surface area (Å²) in [6, 6.07) is 15.9. The smallest absolute Gasteiger partial charge is 0.261 e. The number of carbonyl (C=O) groups is 1. The van der Waals surface area contributed by atoms with Gasteiger partial charge in [-0.1, -0.05) is 32.8 Å². The summed E-state index contributed by atoms with van der Waals surface area (Å²) in [5.41, 5.74) is 1.82. The zero-order chi connectivity index (χ0) is 17.1. The largest absolute Gasteiger partial charge is 0.361 e. The summed E-state index contributed by atoms with van der Waals surface area (Å²) in [4.78, 5) is 14.6. The second-order valence-electron chi connectivity index (χ2n) is 5.23. The van der Waals surface area contributed by atoms with Gasteiger partial charge in [-0.25, -0.2) is 0 Å². The van der Waals surface area contributed by atoms with E-state index in [2.05, 4.69) is 38.5 Å². The van der Waals surface area contributed by atoms with Gasteiger partial charge in [-0.15, -0.1) is 0 Å². The molecule has 0 fully saturated rings. The number of carbonyl (C=O) groups excluding carboxylic acids is 1. The predicted octanol–water partition coefficient (Wildman–Crippen LogP) is 5.46. The molecular weight excluding hydrogens is 388 g/mol. The van der Waals surface area contributed by atoms with Crippen LogP contribution >= 0.6 is 27.7 Å². The Morgan fingerprint density at radius 3 is 2.17 bits per heavy atom. The van der Waals surface area contributed by atoms with E-state index in [9.17, 15) is 4.79 Å². The van der Waals surface area contributed by atoms with Crippen molar-refractivity contribution in [1.82, 2.24) is 5.16 Å². The lowest BCUT2D eigenvalue weighted by atomic mass is 10.2. The van der Waals surface area contributed by atoms with Crippen LogP contribution in [0.4, 0.5) is 5.69 Å². The number of halogens is 1. The number of nitrogens with one attached hydrogen (secondary N) is 1. The summed E-state index contributed by atoms with van der Waals surface area (Å²) in [5.74, 6) is 0.312. The van der Waals surface area contributed by atoms with Crippen LogP contribution in [0.15, 0.2) is 67.3 Å². The number of aryl methyl sites for hydroxylation is 2. The van der Waals surface area contributed by atoms with Gasteiger partial charge in [-0.3, -0.25) is 4.79 Å². The quantitative estimate of drug-likeness (QED) is 0.629. The van der Waals surface area contributed by atoms with Gasteiger partial charge < -0.3 is 9.84 Å². The Balaban J connectivity index is 1.68. The molecule has 4 nitrogen and oxygen atoms in total. The highest BCUT2D eigenvalue weighted by molar-refractivity contribution is 9.10. The zero-order valence-corrected chi connectivity index (χ0v) is 15.6. The molecule has 0 unspecified atom stereocenters. The molecule has 1 aromatic heterocycles. The fourth-order valence-corrected chi connectivity index (χ4v) is 3.33. The molecule has 0 aliphatic carbocycles. The molecule has 6 heteroatoms. The molecular formula is C18H15BrN2O2S. The van der Waals surface area contributed by atoms with Crippen molar-refractivity contribution in [2.45, 2.75) is 23.6 Å². The van der Waals surface area contributed by atoms with Gasteiger partial charge in [0.2, 0.25) is 0 Å². The third-order valence-corrected chi connectivity index (χ3v) is 4.97. The number of amides is 1. The molecule has 3 rings (SSSR count). The number of aromatic nitrogens is 1. The Kier molecular flexibility index (Phi) is 5.06. The van der Waals surface area contributed by atoms with Gasteiger partial charge in [0.05, 0.1) is 5.69 Å². The maximum Gasteiger partial charge on any atom is 0.261 e. The molecule has 0 spiro atoms. The van der Waals surface area contributed by atoms with E-state index >= 15 is 0 Å². The fraction of sp³-hybridized carbons (Fsp3) is 0.111. The van der Waals surface area contributed by atoms with E-state index in [4.69, 9.17) is 4.52 Å². The lowest BCUT2D eigenvalue weighted by Crippen LogP contribution is -2.13. The first kappa shape index (κ1) is 16.8. The molecule has 1 amide bonds. The highest BCUT2D eigenvalue weighted by Crippen LogP contribution is 2.29. The second-order valence-corrected chi connectivity index (χ2v) is 7.30. The van der Waals surface area contributed by atoms with Crippen molar-refractivity contribution < 1.29 is 9.32 Å². The van der Waals surface area contributed by atoms with Crippen LogP contribution in [0.2, 0.25) is 0 Å². The monoisotopic (exact) mass is 402 g/mol. The van der Waals surface area contributed by atoms with Crippen LogP contribution in [0.3, 0.4) is 0 Å². The van der Waals surface area contributed by atoms with Crippen molar-refractivity contribution in [2.75, 3.05) is 5.32 Å². The molecule has 0 aliphatic rings. The number of hydrogen-bond donors (Lipinski definition) is 1. The van der Waals surface area contributed by atoms with Gasteiger partial charge in [-0.05, 0) is 62.4 Å². The van der Waals surface area contributed by atoms with Crippen LogP contribution in [0.5, 0.6) is 0 Å². The summed E-state index contributed by atoms with van der Waals surface area (Å²) in [6.45, 7) is 3.48. The summed E-state index contributed by atoms with van der Waals surface area (Å²) >= 11 is 5.10. The summed E-state index contributed by atoms with van der Waals surface area (Å²) in [6.07, 6.45) is 0. The standard InChI is InChI=1S/C18H15BrN2O2S/c1-11-17(12(2)23-21-11)18(22)20-14-5-9-16(10-6-14)24-15-7-3-13(19)4-8-15/h3-10H,1-2H3,(H,20,22). The Bertz CT molecular complexity index is 838. The molecule has 0 saturated carbocycles. The van der Waals surface area contributed by atoms with Gasteiger partial charge in [-0.2, -0.15) is 0 Å². The van der Waals surface area contributed by atoms with E-state index in [1.165, 1.54) is 0 Å². The Morgan fingerprint density at radius 1 is 1.04 bits per heavy atom. The van der Waals surface area contributed by atoms with Crippen molar-refractivity contribution in [1.29, 1.82) is 0 Å². The average molecular weight is 403 g/mol. The molecule has 0 bridgehead atoms. The van der Waals surface area contributed by atoms with Crippen LogP contribution in [0.1, 0.15) is 21.8 Å².